The van der Waals surface area contributed by atoms with Gasteiger partial charge < -0.3 is 5.11 Å². The highest BCUT2D eigenvalue weighted by Crippen LogP contribution is 2.33. The van der Waals surface area contributed by atoms with Crippen molar-refractivity contribution in [3.05, 3.63) is 0 Å². The predicted octanol–water partition coefficient (Wildman–Crippen LogP) is 4.53. The first kappa shape index (κ1) is 15.0. The molecule has 0 rings (SSSR count). The minimum absolute atomic E-state index is 0.379. The van der Waals surface area contributed by atoms with Gasteiger partial charge in [-0.15, -0.1) is 0 Å². The van der Waals surface area contributed by atoms with Gasteiger partial charge >= 0.3 is 0 Å². The van der Waals surface area contributed by atoms with Crippen LogP contribution in [0.1, 0.15) is 79.1 Å². The summed E-state index contributed by atoms with van der Waals surface area (Å²) < 4.78 is 0. The van der Waals surface area contributed by atoms with E-state index in [0.717, 1.165) is 38.5 Å². The zero-order valence-corrected chi connectivity index (χ0v) is 11.2. The Morgan fingerprint density at radius 2 is 1.27 bits per heavy atom. The van der Waals surface area contributed by atoms with Crippen molar-refractivity contribution in [1.29, 1.82) is 0 Å². The molecule has 0 radical (unpaired) electrons. The van der Waals surface area contributed by atoms with Gasteiger partial charge in [0.05, 0.1) is 5.60 Å². The third kappa shape index (κ3) is 5.01. The Bertz CT molecular complexity index is 130. The molecule has 1 N–H and O–H groups in total. The van der Waals surface area contributed by atoms with Crippen LogP contribution in [-0.4, -0.2) is 10.7 Å². The maximum absolute atomic E-state index is 10.7. The molecule has 0 amide bonds. The predicted molar refractivity (Wildman–Crippen MR) is 68.1 cm³/mol. The minimum atomic E-state index is -0.379. The van der Waals surface area contributed by atoms with Gasteiger partial charge in [-0.3, -0.25) is 0 Å². The lowest BCUT2D eigenvalue weighted by molar-refractivity contribution is -0.0401. The normalized spacial score (nSPS) is 12.4. The highest BCUT2D eigenvalue weighted by molar-refractivity contribution is 4.85. The van der Waals surface area contributed by atoms with E-state index in [2.05, 4.69) is 27.7 Å². The quantitative estimate of drug-likeness (QED) is 0.597. The number of aliphatic hydroxyl groups is 1. The van der Waals surface area contributed by atoms with Crippen LogP contribution in [0, 0.1) is 5.92 Å². The number of rotatable bonds is 9. The zero-order chi connectivity index (χ0) is 11.7. The summed E-state index contributed by atoms with van der Waals surface area (Å²) in [5, 5.41) is 10.7. The van der Waals surface area contributed by atoms with Crippen LogP contribution in [0.25, 0.3) is 0 Å². The molecular formula is C14H30O. The van der Waals surface area contributed by atoms with Crippen molar-refractivity contribution in [2.75, 3.05) is 0 Å². The summed E-state index contributed by atoms with van der Waals surface area (Å²) in [7, 11) is 0. The molecule has 1 nitrogen and oxygen atoms in total. The van der Waals surface area contributed by atoms with Gasteiger partial charge in [0.1, 0.15) is 0 Å². The second-order valence-electron chi connectivity index (χ2n) is 4.82. The van der Waals surface area contributed by atoms with Gasteiger partial charge in [0.25, 0.3) is 0 Å². The number of unbranched alkanes of at least 4 members (excludes halogenated alkanes) is 2. The largest absolute Gasteiger partial charge is 0.390 e. The number of hydrogen-bond acceptors (Lipinski definition) is 1. The standard InChI is InChI=1S/C14H30O/c1-5-9-11-14(15,12-10-6-2)13(7-3)8-4/h13,15H,5-12H2,1-4H3. The molecule has 0 spiro atoms. The second-order valence-corrected chi connectivity index (χ2v) is 4.82. The molecule has 0 bridgehead atoms. The van der Waals surface area contributed by atoms with Crippen LogP contribution in [0.3, 0.4) is 0 Å². The van der Waals surface area contributed by atoms with Crippen molar-refractivity contribution in [3.8, 4) is 0 Å². The topological polar surface area (TPSA) is 20.2 Å². The molecule has 0 fully saturated rings. The Balaban J connectivity index is 4.35. The van der Waals surface area contributed by atoms with Crippen LogP contribution >= 0.6 is 0 Å². The van der Waals surface area contributed by atoms with E-state index in [1.807, 2.05) is 0 Å². The smallest absolute Gasteiger partial charge is 0.0675 e. The SMILES string of the molecule is CCCCC(O)(CCCC)C(CC)CC. The Labute approximate surface area is 96.3 Å². The van der Waals surface area contributed by atoms with Crippen LogP contribution < -0.4 is 0 Å². The van der Waals surface area contributed by atoms with E-state index in [4.69, 9.17) is 0 Å². The van der Waals surface area contributed by atoms with Crippen LogP contribution in [0.5, 0.6) is 0 Å². The Kier molecular flexibility index (Phi) is 8.13. The fraction of sp³-hybridized carbons (Fsp3) is 1.00. The van der Waals surface area contributed by atoms with E-state index in [-0.39, 0.29) is 5.60 Å². The van der Waals surface area contributed by atoms with Gasteiger partial charge in [-0.05, 0) is 18.8 Å². The third-order valence-corrected chi connectivity index (χ3v) is 3.67. The van der Waals surface area contributed by atoms with E-state index < -0.39 is 0 Å². The summed E-state index contributed by atoms with van der Waals surface area (Å²) in [6.07, 6.45) is 8.92. The van der Waals surface area contributed by atoms with Crippen molar-refractivity contribution in [3.63, 3.8) is 0 Å². The van der Waals surface area contributed by atoms with Crippen molar-refractivity contribution in [2.24, 2.45) is 5.92 Å². The third-order valence-electron chi connectivity index (χ3n) is 3.67. The van der Waals surface area contributed by atoms with Crippen LogP contribution in [0.2, 0.25) is 0 Å². The van der Waals surface area contributed by atoms with E-state index in [1.54, 1.807) is 0 Å². The van der Waals surface area contributed by atoms with Gasteiger partial charge in [-0.1, -0.05) is 66.2 Å². The minimum Gasteiger partial charge on any atom is -0.390 e. The molecule has 0 aromatic carbocycles. The highest BCUT2D eigenvalue weighted by Gasteiger charge is 2.32. The van der Waals surface area contributed by atoms with E-state index in [0.29, 0.717) is 5.92 Å². The Morgan fingerprint density at radius 3 is 1.53 bits per heavy atom. The molecule has 0 unspecified atom stereocenters. The molecule has 0 atom stereocenters. The fourth-order valence-corrected chi connectivity index (χ4v) is 2.55. The summed E-state index contributed by atoms with van der Waals surface area (Å²) in [4.78, 5) is 0. The van der Waals surface area contributed by atoms with Crippen LogP contribution in [-0.2, 0) is 0 Å². The molecule has 0 aromatic rings. The van der Waals surface area contributed by atoms with Crippen molar-refractivity contribution in [1.82, 2.24) is 0 Å². The second kappa shape index (κ2) is 8.15. The van der Waals surface area contributed by atoms with Crippen molar-refractivity contribution in [2.45, 2.75) is 84.7 Å². The first-order valence-corrected chi connectivity index (χ1v) is 6.86. The van der Waals surface area contributed by atoms with E-state index in [9.17, 15) is 5.11 Å². The van der Waals surface area contributed by atoms with Crippen LogP contribution in [0.4, 0.5) is 0 Å². The van der Waals surface area contributed by atoms with Crippen LogP contribution in [0.15, 0.2) is 0 Å². The fourth-order valence-electron chi connectivity index (χ4n) is 2.55. The summed E-state index contributed by atoms with van der Waals surface area (Å²) in [5.41, 5.74) is -0.379. The van der Waals surface area contributed by atoms with Gasteiger partial charge in [0.15, 0.2) is 0 Å². The Hall–Kier alpha value is -0.0400. The molecule has 0 heterocycles. The summed E-state index contributed by atoms with van der Waals surface area (Å²) in [6, 6.07) is 0. The Morgan fingerprint density at radius 1 is 0.867 bits per heavy atom. The molecular weight excluding hydrogens is 184 g/mol. The summed E-state index contributed by atoms with van der Waals surface area (Å²) in [6.45, 7) is 8.81. The summed E-state index contributed by atoms with van der Waals surface area (Å²) in [5.74, 6) is 0.496. The molecule has 0 aliphatic rings. The zero-order valence-electron chi connectivity index (χ0n) is 11.2. The van der Waals surface area contributed by atoms with Gasteiger partial charge in [0, 0.05) is 0 Å². The van der Waals surface area contributed by atoms with Gasteiger partial charge in [0.2, 0.25) is 0 Å². The molecule has 1 heteroatoms. The number of hydrogen-bond donors (Lipinski definition) is 1. The molecule has 0 saturated heterocycles. The molecule has 15 heavy (non-hydrogen) atoms. The lowest BCUT2D eigenvalue weighted by atomic mass is 9.77. The highest BCUT2D eigenvalue weighted by atomic mass is 16.3. The van der Waals surface area contributed by atoms with Gasteiger partial charge in [-0.2, -0.15) is 0 Å². The summed E-state index contributed by atoms with van der Waals surface area (Å²) >= 11 is 0. The average Bonchev–Trinajstić information content (AvgIpc) is 2.25. The molecule has 0 saturated carbocycles. The molecule has 0 aliphatic carbocycles. The maximum Gasteiger partial charge on any atom is 0.0675 e. The lowest BCUT2D eigenvalue weighted by Gasteiger charge is -2.36. The van der Waals surface area contributed by atoms with Gasteiger partial charge in [-0.25, -0.2) is 0 Å². The first-order valence-electron chi connectivity index (χ1n) is 6.86. The average molecular weight is 214 g/mol. The maximum atomic E-state index is 10.7. The van der Waals surface area contributed by atoms with E-state index >= 15 is 0 Å². The van der Waals surface area contributed by atoms with Crippen molar-refractivity contribution >= 4 is 0 Å². The molecule has 92 valence electrons. The molecule has 0 aliphatic heterocycles. The lowest BCUT2D eigenvalue weighted by Crippen LogP contribution is -2.37. The molecule has 0 aromatic heterocycles. The first-order chi connectivity index (χ1) is 7.14. The monoisotopic (exact) mass is 214 g/mol. The van der Waals surface area contributed by atoms with Crippen molar-refractivity contribution < 1.29 is 5.11 Å². The van der Waals surface area contributed by atoms with E-state index in [1.165, 1.54) is 12.8 Å².